The van der Waals surface area contributed by atoms with E-state index in [1.807, 2.05) is 24.3 Å². The summed E-state index contributed by atoms with van der Waals surface area (Å²) in [6.07, 6.45) is 1.86. The summed E-state index contributed by atoms with van der Waals surface area (Å²) >= 11 is 4.97. The molecule has 1 atom stereocenters. The van der Waals surface area contributed by atoms with Crippen LogP contribution in [0.25, 0.3) is 0 Å². The van der Waals surface area contributed by atoms with Crippen LogP contribution in [0.3, 0.4) is 0 Å². The van der Waals surface area contributed by atoms with Crippen molar-refractivity contribution in [1.82, 2.24) is 4.90 Å². The van der Waals surface area contributed by atoms with Crippen molar-refractivity contribution in [2.75, 3.05) is 6.54 Å². The van der Waals surface area contributed by atoms with Crippen molar-refractivity contribution in [2.45, 2.75) is 13.0 Å². The van der Waals surface area contributed by atoms with Gasteiger partial charge in [-0.2, -0.15) is 0 Å². The Kier molecular flexibility index (Phi) is 4.33. The average molecular weight is 205 g/mol. The van der Waals surface area contributed by atoms with Crippen LogP contribution in [0.2, 0.25) is 0 Å². The van der Waals surface area contributed by atoms with Crippen LogP contribution in [0.4, 0.5) is 0 Å². The lowest BCUT2D eigenvalue weighted by molar-refractivity contribution is 0.385. The summed E-state index contributed by atoms with van der Waals surface area (Å²) in [5.41, 5.74) is 2.97. The lowest BCUT2D eigenvalue weighted by Crippen LogP contribution is -2.24. The Morgan fingerprint density at radius 2 is 2.07 bits per heavy atom. The fourth-order valence-electron chi connectivity index (χ4n) is 1.36. The maximum Gasteiger partial charge on any atom is 0.0648 e. The first-order valence-corrected chi connectivity index (χ1v) is 5.13. The van der Waals surface area contributed by atoms with Crippen LogP contribution in [0.15, 0.2) is 43.0 Å². The third kappa shape index (κ3) is 2.67. The van der Waals surface area contributed by atoms with Crippen molar-refractivity contribution in [2.24, 2.45) is 0 Å². The van der Waals surface area contributed by atoms with E-state index in [0.717, 1.165) is 6.54 Å². The molecule has 0 fully saturated rings. The van der Waals surface area contributed by atoms with Crippen LogP contribution in [0, 0.1) is 0 Å². The van der Waals surface area contributed by atoms with Crippen LogP contribution in [0.1, 0.15) is 18.5 Å². The van der Waals surface area contributed by atoms with E-state index in [4.69, 9.17) is 12.2 Å². The highest BCUT2D eigenvalue weighted by Crippen LogP contribution is 2.17. The monoisotopic (exact) mass is 205 g/mol. The highest BCUT2D eigenvalue weighted by Gasteiger charge is 2.09. The van der Waals surface area contributed by atoms with Gasteiger partial charge in [0.2, 0.25) is 0 Å². The maximum atomic E-state index is 4.97. The van der Waals surface area contributed by atoms with Gasteiger partial charge in [-0.3, -0.25) is 0 Å². The number of hydrogen-bond acceptors (Lipinski definition) is 1. The number of hydrogen-bond donors (Lipinski definition) is 0. The minimum Gasteiger partial charge on any atom is -0.358 e. The number of thiocarbonyl (C=S) groups is 1. The fraction of sp³-hybridized carbons (Fsp3) is 0.250. The summed E-state index contributed by atoms with van der Waals surface area (Å²) in [6, 6.07) is 10.6. The molecule has 0 aliphatic heterocycles. The average Bonchev–Trinajstić information content (AvgIpc) is 2.26. The molecule has 0 saturated heterocycles. The summed E-state index contributed by atoms with van der Waals surface area (Å²) < 4.78 is 0. The quantitative estimate of drug-likeness (QED) is 0.536. The molecule has 0 saturated carbocycles. The first kappa shape index (κ1) is 10.9. The Hall–Kier alpha value is -1.15. The van der Waals surface area contributed by atoms with Gasteiger partial charge in [0.15, 0.2) is 0 Å². The first-order chi connectivity index (χ1) is 6.79. The van der Waals surface area contributed by atoms with Crippen LogP contribution < -0.4 is 0 Å². The van der Waals surface area contributed by atoms with Crippen molar-refractivity contribution in [3.63, 3.8) is 0 Å². The van der Waals surface area contributed by atoms with Crippen LogP contribution in [0.5, 0.6) is 0 Å². The second-order valence-corrected chi connectivity index (χ2v) is 3.39. The minimum atomic E-state index is 0.312. The Morgan fingerprint density at radius 1 is 1.43 bits per heavy atom. The molecule has 0 aliphatic carbocycles. The largest absolute Gasteiger partial charge is 0.358 e. The predicted octanol–water partition coefficient (Wildman–Crippen LogP) is 3.19. The summed E-state index contributed by atoms with van der Waals surface area (Å²) in [5, 5.41) is 0. The van der Waals surface area contributed by atoms with Gasteiger partial charge in [-0.25, -0.2) is 0 Å². The molecule has 0 N–H and O–H groups in total. The molecule has 0 amide bonds. The van der Waals surface area contributed by atoms with Crippen molar-refractivity contribution >= 4 is 17.7 Å². The smallest absolute Gasteiger partial charge is 0.0648 e. The molecule has 1 aromatic rings. The Bertz CT molecular complexity index is 294. The molecule has 0 bridgehead atoms. The van der Waals surface area contributed by atoms with Gasteiger partial charge in [-0.05, 0) is 12.5 Å². The van der Waals surface area contributed by atoms with Crippen molar-refractivity contribution < 1.29 is 0 Å². The zero-order valence-corrected chi connectivity index (χ0v) is 9.20. The van der Waals surface area contributed by atoms with Crippen LogP contribution >= 0.6 is 12.2 Å². The third-order valence-corrected chi connectivity index (χ3v) is 2.53. The third-order valence-electron chi connectivity index (χ3n) is 2.25. The lowest BCUT2D eigenvalue weighted by atomic mass is 10.1. The van der Waals surface area contributed by atoms with E-state index in [9.17, 15) is 0 Å². The Labute approximate surface area is 91.1 Å². The molecule has 0 radical (unpaired) electrons. The van der Waals surface area contributed by atoms with E-state index in [0.29, 0.717) is 6.04 Å². The second kappa shape index (κ2) is 5.55. The van der Waals surface area contributed by atoms with Gasteiger partial charge in [-0.15, -0.1) is 6.58 Å². The molecule has 1 nitrogen and oxygen atoms in total. The van der Waals surface area contributed by atoms with Gasteiger partial charge in [0, 0.05) is 6.54 Å². The highest BCUT2D eigenvalue weighted by atomic mass is 32.1. The van der Waals surface area contributed by atoms with Gasteiger partial charge in [-0.1, -0.05) is 48.6 Å². The highest BCUT2D eigenvalue weighted by molar-refractivity contribution is 7.78. The molecule has 2 heteroatoms. The SMILES string of the molecule is C=CCN(C=S)C(C)c1ccccc1. The maximum absolute atomic E-state index is 4.97. The number of benzene rings is 1. The second-order valence-electron chi connectivity index (χ2n) is 3.18. The number of nitrogens with zero attached hydrogens (tertiary/aromatic N) is 1. The van der Waals surface area contributed by atoms with Gasteiger partial charge in [0.05, 0.1) is 11.5 Å². The molecule has 74 valence electrons. The summed E-state index contributed by atoms with van der Waals surface area (Å²) in [7, 11) is 0. The minimum absolute atomic E-state index is 0.312. The van der Waals surface area contributed by atoms with Gasteiger partial charge >= 0.3 is 0 Å². The van der Waals surface area contributed by atoms with Gasteiger partial charge < -0.3 is 4.90 Å². The summed E-state index contributed by atoms with van der Waals surface area (Å²) in [6.45, 7) is 6.65. The zero-order valence-electron chi connectivity index (χ0n) is 8.39. The van der Waals surface area contributed by atoms with Gasteiger partial charge in [0.1, 0.15) is 0 Å². The summed E-state index contributed by atoms with van der Waals surface area (Å²) in [5.74, 6) is 0. The molecule has 0 aromatic heterocycles. The van der Waals surface area contributed by atoms with E-state index in [1.165, 1.54) is 5.56 Å². The van der Waals surface area contributed by atoms with E-state index >= 15 is 0 Å². The van der Waals surface area contributed by atoms with E-state index in [1.54, 1.807) is 5.49 Å². The van der Waals surface area contributed by atoms with Crippen molar-refractivity contribution in [3.05, 3.63) is 48.6 Å². The normalized spacial score (nSPS) is 11.8. The van der Waals surface area contributed by atoms with E-state index in [2.05, 4.69) is 30.5 Å². The molecule has 1 rings (SSSR count). The topological polar surface area (TPSA) is 3.24 Å². The first-order valence-electron chi connectivity index (χ1n) is 4.66. The molecule has 1 aromatic carbocycles. The van der Waals surface area contributed by atoms with Crippen LogP contribution in [-0.2, 0) is 0 Å². The molecule has 14 heavy (non-hydrogen) atoms. The lowest BCUT2D eigenvalue weighted by Gasteiger charge is -2.25. The molecule has 0 spiro atoms. The zero-order chi connectivity index (χ0) is 10.4. The van der Waals surface area contributed by atoms with E-state index in [-0.39, 0.29) is 0 Å². The van der Waals surface area contributed by atoms with Crippen molar-refractivity contribution in [3.8, 4) is 0 Å². The number of rotatable bonds is 5. The Balaban J connectivity index is 2.77. The summed E-state index contributed by atoms with van der Waals surface area (Å²) in [4.78, 5) is 2.08. The van der Waals surface area contributed by atoms with Crippen molar-refractivity contribution in [1.29, 1.82) is 0 Å². The standard InChI is InChI=1S/C12H15NS/c1-3-9-13(10-14)11(2)12-7-5-4-6-8-12/h3-8,10-11H,1,9H2,2H3. The fourth-order valence-corrected chi connectivity index (χ4v) is 1.63. The molecule has 0 aliphatic rings. The molecule has 1 unspecified atom stereocenters. The Morgan fingerprint density at radius 3 is 2.57 bits per heavy atom. The van der Waals surface area contributed by atoms with Crippen LogP contribution in [-0.4, -0.2) is 16.9 Å². The molecule has 0 heterocycles. The predicted molar refractivity (Wildman–Crippen MR) is 65.4 cm³/mol. The molecular formula is C12H15NS. The van der Waals surface area contributed by atoms with Gasteiger partial charge in [0.25, 0.3) is 0 Å². The van der Waals surface area contributed by atoms with E-state index < -0.39 is 0 Å². The molecular weight excluding hydrogens is 190 g/mol.